The van der Waals surface area contributed by atoms with Crippen molar-refractivity contribution in [1.29, 1.82) is 0 Å². The van der Waals surface area contributed by atoms with Gasteiger partial charge >= 0.3 is 0 Å². The minimum atomic E-state index is -0.0166. The third-order valence-electron chi connectivity index (χ3n) is 18.6. The lowest BCUT2D eigenvalue weighted by molar-refractivity contribution is 0.332. The number of hydrogen-bond donors (Lipinski definition) is 0. The van der Waals surface area contributed by atoms with Crippen molar-refractivity contribution in [2.24, 2.45) is 11.8 Å². The molecule has 0 N–H and O–H groups in total. The molecule has 3 heterocycles. The predicted molar refractivity (Wildman–Crippen MR) is 313 cm³/mol. The summed E-state index contributed by atoms with van der Waals surface area (Å²) in [5, 5.41) is 1.40. The summed E-state index contributed by atoms with van der Waals surface area (Å²) in [6, 6.07) is 43.5. The fourth-order valence-corrected chi connectivity index (χ4v) is 14.9. The number of nitrogens with zero attached hydrogens (tertiary/aromatic N) is 2. The van der Waals surface area contributed by atoms with Crippen LogP contribution in [0.4, 0.5) is 28.4 Å². The van der Waals surface area contributed by atoms with Gasteiger partial charge < -0.3 is 9.80 Å². The fourth-order valence-electron chi connectivity index (χ4n) is 13.5. The van der Waals surface area contributed by atoms with Crippen molar-refractivity contribution in [1.82, 2.24) is 0 Å². The third-order valence-corrected chi connectivity index (χ3v) is 19.8. The first-order chi connectivity index (χ1) is 33.5. The molecule has 1 aromatic heterocycles. The molecule has 2 aliphatic heterocycles. The molecule has 7 aromatic rings. The molecule has 2 unspecified atom stereocenters. The molecule has 0 fully saturated rings. The summed E-state index contributed by atoms with van der Waals surface area (Å²) in [5.41, 5.74) is 24.8. The van der Waals surface area contributed by atoms with Crippen LogP contribution in [-0.2, 0) is 21.7 Å². The zero-order valence-electron chi connectivity index (χ0n) is 45.6. The number of benzene rings is 6. The number of fused-ring (bicyclic) bond motifs is 8. The van der Waals surface area contributed by atoms with Crippen molar-refractivity contribution < 1.29 is 0 Å². The molecule has 0 saturated heterocycles. The first kappa shape index (κ1) is 48.0. The summed E-state index contributed by atoms with van der Waals surface area (Å²) in [6.07, 6.45) is 4.76. The summed E-state index contributed by atoms with van der Waals surface area (Å²) >= 11 is 2.06. The highest BCUT2D eigenvalue weighted by molar-refractivity contribution is 7.33. The van der Waals surface area contributed by atoms with E-state index in [9.17, 15) is 0 Å². The second kappa shape index (κ2) is 16.6. The number of thiophene rings is 1. The second-order valence-corrected chi connectivity index (χ2v) is 26.8. The zero-order valence-corrected chi connectivity index (χ0v) is 46.4. The van der Waals surface area contributed by atoms with E-state index < -0.39 is 0 Å². The largest absolute Gasteiger partial charge is 0.334 e. The Balaban J connectivity index is 1.29. The summed E-state index contributed by atoms with van der Waals surface area (Å²) in [6.45, 7) is 41.6. The maximum atomic E-state index is 5.10. The van der Waals surface area contributed by atoms with E-state index in [0.717, 1.165) is 0 Å². The number of rotatable bonds is 8. The summed E-state index contributed by atoms with van der Waals surface area (Å²) in [7, 11) is 0. The van der Waals surface area contributed by atoms with Crippen molar-refractivity contribution in [3.63, 3.8) is 0 Å². The van der Waals surface area contributed by atoms with Crippen LogP contribution < -0.4 is 25.5 Å². The van der Waals surface area contributed by atoms with Crippen LogP contribution in [0.2, 0.25) is 0 Å². The van der Waals surface area contributed by atoms with Gasteiger partial charge in [-0.3, -0.25) is 0 Å². The Morgan fingerprint density at radius 1 is 0.606 bits per heavy atom. The van der Waals surface area contributed by atoms with Crippen LogP contribution in [0.25, 0.3) is 26.8 Å². The second-order valence-electron chi connectivity index (χ2n) is 25.7. The molecule has 0 radical (unpaired) electrons. The molecule has 0 saturated carbocycles. The lowest BCUT2D eigenvalue weighted by atomic mass is 9.36. The van der Waals surface area contributed by atoms with E-state index in [4.69, 9.17) is 6.58 Å². The minimum absolute atomic E-state index is 0.0166. The maximum absolute atomic E-state index is 5.10. The molecule has 11 rings (SSSR count). The highest BCUT2D eigenvalue weighted by Gasteiger charge is 2.49. The number of aryl methyl sites for hydroxylation is 2. The predicted octanol–water partition coefficient (Wildman–Crippen LogP) is 17.1. The van der Waals surface area contributed by atoms with Crippen LogP contribution in [0.15, 0.2) is 116 Å². The first-order valence-corrected chi connectivity index (χ1v) is 27.8. The molecule has 71 heavy (non-hydrogen) atoms. The molecule has 364 valence electrons. The topological polar surface area (TPSA) is 6.48 Å². The van der Waals surface area contributed by atoms with Gasteiger partial charge in [-0.25, -0.2) is 0 Å². The standard InChI is InChI=1S/C67H77BN2S/c1-39(2)43(7)61(44(8)45-23-18-17-19-24-45)70-55-33-46(59-41(5)21-20-22-42(59)6)25-28-54(55)68-60-56(34-47(40(3)4)35-57(60)70)69(48-26-27-50-51(36-48)65(11,12)30-29-64(50,9)10)62-49-37-52-53(38-58(49)71-63(62)68)67(15,16)32-31-66(52,13)14/h17-28,33-40,43,61H,8,29-32H2,1-7,9-16H3. The van der Waals surface area contributed by atoms with E-state index >= 15 is 0 Å². The van der Waals surface area contributed by atoms with Crippen LogP contribution >= 0.6 is 11.3 Å². The molecule has 6 aromatic carbocycles. The fraction of sp³-hybridized carbons (Fsp3) is 0.403. The van der Waals surface area contributed by atoms with Gasteiger partial charge in [-0.1, -0.05) is 163 Å². The van der Waals surface area contributed by atoms with Gasteiger partial charge in [0.05, 0.1) is 11.7 Å². The van der Waals surface area contributed by atoms with Gasteiger partial charge in [0.1, 0.15) is 0 Å². The molecule has 0 spiro atoms. The van der Waals surface area contributed by atoms with Crippen LogP contribution in [0.3, 0.4) is 0 Å². The SMILES string of the molecule is C=C(c1ccccc1)C(C(C)C(C)C)N1c2cc(-c3c(C)cccc3C)ccc2B2c3sc4cc5c(cc4c3N(c3ccc4c(c3)C(C)(C)CCC4(C)C)c3cc(C(C)C)cc1c32)C(C)(C)CCC5(C)C. The van der Waals surface area contributed by atoms with Crippen LogP contribution in [0, 0.1) is 25.7 Å². The summed E-state index contributed by atoms with van der Waals surface area (Å²) < 4.78 is 2.86. The molecular weight excluding hydrogens is 876 g/mol. The minimum Gasteiger partial charge on any atom is -0.334 e. The van der Waals surface area contributed by atoms with Gasteiger partial charge in [-0.15, -0.1) is 11.3 Å². The van der Waals surface area contributed by atoms with Gasteiger partial charge in [-0.05, 0) is 194 Å². The van der Waals surface area contributed by atoms with E-state index in [0.29, 0.717) is 11.8 Å². The normalized spacial score (nSPS) is 18.7. The monoisotopic (exact) mass is 953 g/mol. The molecular formula is C67H77BN2S. The summed E-state index contributed by atoms with van der Waals surface area (Å²) in [4.78, 5) is 5.56. The Bertz CT molecular complexity index is 3280. The zero-order chi connectivity index (χ0) is 50.4. The number of anilines is 5. The van der Waals surface area contributed by atoms with E-state index in [-0.39, 0.29) is 40.3 Å². The average Bonchev–Trinajstić information content (AvgIpc) is 3.70. The van der Waals surface area contributed by atoms with Gasteiger partial charge in [0, 0.05) is 37.6 Å². The Morgan fingerprint density at radius 2 is 1.20 bits per heavy atom. The van der Waals surface area contributed by atoms with Gasteiger partial charge in [-0.2, -0.15) is 0 Å². The lowest BCUT2D eigenvalue weighted by Crippen LogP contribution is -2.62. The van der Waals surface area contributed by atoms with Gasteiger partial charge in [0.2, 0.25) is 0 Å². The van der Waals surface area contributed by atoms with Crippen LogP contribution in [0.1, 0.15) is 166 Å². The van der Waals surface area contributed by atoms with Gasteiger partial charge in [0.25, 0.3) is 6.71 Å². The maximum Gasteiger partial charge on any atom is 0.264 e. The van der Waals surface area contributed by atoms with Crippen molar-refractivity contribution in [2.45, 2.75) is 163 Å². The molecule has 0 bridgehead atoms. The molecule has 2 atom stereocenters. The Morgan fingerprint density at radius 3 is 1.82 bits per heavy atom. The average molecular weight is 953 g/mol. The smallest absolute Gasteiger partial charge is 0.264 e. The molecule has 2 aliphatic carbocycles. The summed E-state index contributed by atoms with van der Waals surface area (Å²) in [5.74, 6) is 0.984. The molecule has 0 amide bonds. The highest BCUT2D eigenvalue weighted by Crippen LogP contribution is 2.55. The van der Waals surface area contributed by atoms with E-state index in [1.807, 2.05) is 0 Å². The van der Waals surface area contributed by atoms with Crippen molar-refractivity contribution >= 4 is 77.8 Å². The van der Waals surface area contributed by atoms with Crippen molar-refractivity contribution in [3.8, 4) is 11.1 Å². The third kappa shape index (κ3) is 7.45. The Labute approximate surface area is 431 Å². The van der Waals surface area contributed by atoms with Crippen molar-refractivity contribution in [3.05, 3.63) is 160 Å². The molecule has 4 aliphatic rings. The number of hydrogen-bond acceptors (Lipinski definition) is 3. The van der Waals surface area contributed by atoms with Crippen LogP contribution in [-0.4, -0.2) is 12.8 Å². The van der Waals surface area contributed by atoms with Gasteiger partial charge in [0.15, 0.2) is 0 Å². The van der Waals surface area contributed by atoms with E-state index in [2.05, 4.69) is 234 Å². The Kier molecular flexibility index (Phi) is 11.2. The van der Waals surface area contributed by atoms with Crippen LogP contribution in [0.5, 0.6) is 0 Å². The molecule has 4 heteroatoms. The highest BCUT2D eigenvalue weighted by atomic mass is 32.1. The van der Waals surface area contributed by atoms with Crippen molar-refractivity contribution in [2.75, 3.05) is 9.80 Å². The Hall–Kier alpha value is -5.32. The lowest BCUT2D eigenvalue weighted by Gasteiger charge is -2.49. The molecule has 2 nitrogen and oxygen atoms in total. The quantitative estimate of drug-likeness (QED) is 0.140. The van der Waals surface area contributed by atoms with E-state index in [1.54, 1.807) is 0 Å². The first-order valence-electron chi connectivity index (χ1n) is 27.0. The van der Waals surface area contributed by atoms with E-state index in [1.165, 1.54) is 141 Å².